The maximum atomic E-state index is 11.5. The Morgan fingerprint density at radius 3 is 2.45 bits per heavy atom. The van der Waals surface area contributed by atoms with Crippen molar-refractivity contribution in [2.45, 2.75) is 17.2 Å². The molecular formula is C25H20N4O3S. The number of allylic oxidation sites excluding steroid dienone is 1. The molecule has 4 rings (SSSR count). The van der Waals surface area contributed by atoms with E-state index in [2.05, 4.69) is 18.7 Å². The lowest BCUT2D eigenvalue weighted by atomic mass is 9.96. The Hall–Kier alpha value is -4.11. The Morgan fingerprint density at radius 1 is 1.03 bits per heavy atom. The molecule has 7 nitrogen and oxygen atoms in total. The lowest BCUT2D eigenvalue weighted by molar-refractivity contribution is 0.479. The van der Waals surface area contributed by atoms with Crippen molar-refractivity contribution >= 4 is 15.7 Å². The molecule has 0 amide bonds. The van der Waals surface area contributed by atoms with Gasteiger partial charge in [0.15, 0.2) is 0 Å². The summed E-state index contributed by atoms with van der Waals surface area (Å²) in [5.74, 6) is 1.01. The SMILES string of the molecule is C=C1C[C@H](c2ccc(C#N)c(Oc3cccc(C#N)c3)c2)CN1c1ccc(S(N)(=O)=O)cc1. The Balaban J connectivity index is 1.58. The van der Waals surface area contributed by atoms with Crippen LogP contribution in [0.3, 0.4) is 0 Å². The third-order valence-corrected chi connectivity index (χ3v) is 6.46. The van der Waals surface area contributed by atoms with Gasteiger partial charge in [-0.1, -0.05) is 18.7 Å². The first-order valence-corrected chi connectivity index (χ1v) is 11.6. The van der Waals surface area contributed by atoms with E-state index in [0.29, 0.717) is 35.6 Å². The molecule has 1 atom stereocenters. The minimum Gasteiger partial charge on any atom is -0.456 e. The van der Waals surface area contributed by atoms with Crippen LogP contribution in [0.2, 0.25) is 0 Å². The summed E-state index contributed by atoms with van der Waals surface area (Å²) in [6.07, 6.45) is 0.701. The second-order valence-electron chi connectivity index (χ2n) is 7.73. The van der Waals surface area contributed by atoms with Crippen molar-refractivity contribution in [2.24, 2.45) is 5.14 Å². The first-order valence-electron chi connectivity index (χ1n) is 10.1. The Labute approximate surface area is 192 Å². The maximum absolute atomic E-state index is 11.5. The molecule has 1 heterocycles. The van der Waals surface area contributed by atoms with Crippen LogP contribution in [0, 0.1) is 22.7 Å². The van der Waals surface area contributed by atoms with Crippen LogP contribution in [0.25, 0.3) is 0 Å². The summed E-state index contributed by atoms with van der Waals surface area (Å²) in [5, 5.41) is 23.8. The summed E-state index contributed by atoms with van der Waals surface area (Å²) >= 11 is 0. The molecule has 0 spiro atoms. The standard InChI is InChI=1S/C25H20N4O3S/c1-17-11-21(16-29(17)22-7-9-24(10-8-22)33(28,30)31)19-5-6-20(15-27)25(13-19)32-23-4-2-3-18(12-23)14-26/h2-10,12-13,21H,1,11,16H2,(H2,28,30,31)/t21-/m0/s1. The molecule has 0 aromatic heterocycles. The van der Waals surface area contributed by atoms with E-state index in [-0.39, 0.29) is 10.8 Å². The number of rotatable bonds is 5. The molecule has 164 valence electrons. The van der Waals surface area contributed by atoms with Crippen molar-refractivity contribution in [2.75, 3.05) is 11.4 Å². The summed E-state index contributed by atoms with van der Waals surface area (Å²) in [7, 11) is -3.75. The van der Waals surface area contributed by atoms with Gasteiger partial charge in [-0.2, -0.15) is 10.5 Å². The van der Waals surface area contributed by atoms with E-state index in [4.69, 9.17) is 15.1 Å². The van der Waals surface area contributed by atoms with E-state index in [9.17, 15) is 13.7 Å². The van der Waals surface area contributed by atoms with Gasteiger partial charge in [0.2, 0.25) is 10.0 Å². The summed E-state index contributed by atoms with van der Waals surface area (Å²) in [6.45, 7) is 4.81. The maximum Gasteiger partial charge on any atom is 0.238 e. The summed E-state index contributed by atoms with van der Waals surface area (Å²) < 4.78 is 29.0. The molecule has 2 N–H and O–H groups in total. The zero-order chi connectivity index (χ0) is 23.6. The Bertz CT molecular complexity index is 1420. The average Bonchev–Trinajstić information content (AvgIpc) is 3.20. The van der Waals surface area contributed by atoms with Gasteiger partial charge in [-0.3, -0.25) is 0 Å². The van der Waals surface area contributed by atoms with Crippen molar-refractivity contribution in [1.82, 2.24) is 0 Å². The predicted octanol–water partition coefficient (Wildman–Crippen LogP) is 4.38. The first kappa shape index (κ1) is 22.1. The van der Waals surface area contributed by atoms with E-state index in [0.717, 1.165) is 16.9 Å². The van der Waals surface area contributed by atoms with Gasteiger partial charge >= 0.3 is 0 Å². The van der Waals surface area contributed by atoms with E-state index >= 15 is 0 Å². The van der Waals surface area contributed by atoms with Crippen LogP contribution in [0.4, 0.5) is 5.69 Å². The molecule has 3 aromatic rings. The molecule has 0 bridgehead atoms. The van der Waals surface area contributed by atoms with Crippen molar-refractivity contribution in [3.8, 4) is 23.6 Å². The molecule has 1 aliphatic heterocycles. The monoisotopic (exact) mass is 456 g/mol. The normalized spacial score (nSPS) is 15.7. The number of ether oxygens (including phenoxy) is 1. The van der Waals surface area contributed by atoms with E-state index < -0.39 is 10.0 Å². The number of hydrogen-bond acceptors (Lipinski definition) is 6. The van der Waals surface area contributed by atoms with Gasteiger partial charge in [0, 0.05) is 23.8 Å². The predicted molar refractivity (Wildman–Crippen MR) is 124 cm³/mol. The number of benzene rings is 3. The minimum atomic E-state index is -3.75. The quantitative estimate of drug-likeness (QED) is 0.608. The molecule has 1 saturated heterocycles. The topological polar surface area (TPSA) is 120 Å². The number of primary sulfonamides is 1. The molecule has 1 fully saturated rings. The second kappa shape index (κ2) is 8.79. The molecule has 1 aliphatic rings. The summed E-state index contributed by atoms with van der Waals surface area (Å²) in [5.41, 5.74) is 3.59. The fourth-order valence-electron chi connectivity index (χ4n) is 3.86. The number of nitriles is 2. The van der Waals surface area contributed by atoms with Crippen molar-refractivity contribution < 1.29 is 13.2 Å². The number of anilines is 1. The molecule has 0 aliphatic carbocycles. The van der Waals surface area contributed by atoms with Crippen LogP contribution < -0.4 is 14.8 Å². The molecule has 0 radical (unpaired) electrons. The molecule has 0 saturated carbocycles. The highest BCUT2D eigenvalue weighted by molar-refractivity contribution is 7.89. The molecule has 3 aromatic carbocycles. The lowest BCUT2D eigenvalue weighted by Crippen LogP contribution is -2.18. The fourth-order valence-corrected chi connectivity index (χ4v) is 4.38. The van der Waals surface area contributed by atoms with Gasteiger partial charge < -0.3 is 9.64 Å². The van der Waals surface area contributed by atoms with Crippen LogP contribution in [-0.2, 0) is 10.0 Å². The first-order chi connectivity index (χ1) is 15.8. The molecule has 33 heavy (non-hydrogen) atoms. The fraction of sp³-hybridized carbons (Fsp3) is 0.120. The second-order valence-corrected chi connectivity index (χ2v) is 9.29. The minimum absolute atomic E-state index is 0.0574. The van der Waals surface area contributed by atoms with Crippen molar-refractivity contribution in [3.05, 3.63) is 95.7 Å². The smallest absolute Gasteiger partial charge is 0.238 e. The van der Waals surface area contributed by atoms with Crippen LogP contribution >= 0.6 is 0 Å². The van der Waals surface area contributed by atoms with Gasteiger partial charge in [0.25, 0.3) is 0 Å². The summed E-state index contributed by atoms with van der Waals surface area (Å²) in [6, 6.07) is 22.9. The highest BCUT2D eigenvalue weighted by atomic mass is 32.2. The van der Waals surface area contributed by atoms with Gasteiger partial charge in [-0.15, -0.1) is 0 Å². The number of nitrogens with zero attached hydrogens (tertiary/aromatic N) is 3. The highest BCUT2D eigenvalue weighted by Gasteiger charge is 2.28. The largest absolute Gasteiger partial charge is 0.456 e. The van der Waals surface area contributed by atoms with Crippen LogP contribution in [0.1, 0.15) is 29.0 Å². The summed E-state index contributed by atoms with van der Waals surface area (Å²) in [4.78, 5) is 2.09. The molecular weight excluding hydrogens is 436 g/mol. The van der Waals surface area contributed by atoms with Crippen molar-refractivity contribution in [1.29, 1.82) is 10.5 Å². The third kappa shape index (κ3) is 4.73. The average molecular weight is 457 g/mol. The van der Waals surface area contributed by atoms with E-state index in [1.54, 1.807) is 42.5 Å². The van der Waals surface area contributed by atoms with Gasteiger partial charge in [-0.05, 0) is 66.6 Å². The molecule has 8 heteroatoms. The van der Waals surface area contributed by atoms with Crippen LogP contribution in [-0.4, -0.2) is 15.0 Å². The Kier molecular flexibility index (Phi) is 5.89. The Morgan fingerprint density at radius 2 is 1.79 bits per heavy atom. The van der Waals surface area contributed by atoms with E-state index in [1.165, 1.54) is 12.1 Å². The van der Waals surface area contributed by atoms with Crippen LogP contribution in [0.5, 0.6) is 11.5 Å². The lowest BCUT2D eigenvalue weighted by Gasteiger charge is -2.20. The number of sulfonamides is 1. The zero-order valence-corrected chi connectivity index (χ0v) is 18.4. The van der Waals surface area contributed by atoms with E-state index in [1.807, 2.05) is 17.0 Å². The molecule has 0 unspecified atom stereocenters. The van der Waals surface area contributed by atoms with Crippen LogP contribution in [0.15, 0.2) is 83.9 Å². The number of nitrogens with two attached hydrogens (primary N) is 1. The highest BCUT2D eigenvalue weighted by Crippen LogP contribution is 2.39. The van der Waals surface area contributed by atoms with Gasteiger partial charge in [-0.25, -0.2) is 13.6 Å². The number of hydrogen-bond donors (Lipinski definition) is 1. The van der Waals surface area contributed by atoms with Crippen molar-refractivity contribution in [3.63, 3.8) is 0 Å². The van der Waals surface area contributed by atoms with Gasteiger partial charge in [0.05, 0.1) is 22.1 Å². The zero-order valence-electron chi connectivity index (χ0n) is 17.6. The van der Waals surface area contributed by atoms with Gasteiger partial charge in [0.1, 0.15) is 17.6 Å². The third-order valence-electron chi connectivity index (χ3n) is 5.53.